The Labute approximate surface area is 119 Å². The highest BCUT2D eigenvalue weighted by Crippen LogP contribution is 2.33. The van der Waals surface area contributed by atoms with Gasteiger partial charge in [-0.3, -0.25) is 10.1 Å². The summed E-state index contributed by atoms with van der Waals surface area (Å²) in [5.41, 5.74) is 6.16. The second-order valence-corrected chi connectivity index (χ2v) is 4.15. The Morgan fingerprint density at radius 3 is 2.76 bits per heavy atom. The van der Waals surface area contributed by atoms with Crippen LogP contribution in [0.2, 0.25) is 0 Å². The summed E-state index contributed by atoms with van der Waals surface area (Å²) in [6, 6.07) is 7.66. The van der Waals surface area contributed by atoms with Crippen LogP contribution in [-0.2, 0) is 0 Å². The molecule has 1 aromatic heterocycles. The molecule has 0 unspecified atom stereocenters. The van der Waals surface area contributed by atoms with E-state index in [2.05, 4.69) is 10.1 Å². The third kappa shape index (κ3) is 3.06. The van der Waals surface area contributed by atoms with Crippen LogP contribution in [0.15, 0.2) is 41.7 Å². The fourth-order valence-corrected chi connectivity index (χ4v) is 1.67. The van der Waals surface area contributed by atoms with E-state index in [9.17, 15) is 10.1 Å². The zero-order chi connectivity index (χ0) is 15.4. The van der Waals surface area contributed by atoms with Crippen LogP contribution in [0.3, 0.4) is 0 Å². The van der Waals surface area contributed by atoms with E-state index in [1.165, 1.54) is 24.4 Å². The van der Waals surface area contributed by atoms with E-state index in [4.69, 9.17) is 15.7 Å². The summed E-state index contributed by atoms with van der Waals surface area (Å²) in [7, 11) is 0. The number of pyridine rings is 1. The number of oxime groups is 1. The van der Waals surface area contributed by atoms with Gasteiger partial charge >= 0.3 is 5.69 Å². The summed E-state index contributed by atoms with van der Waals surface area (Å²) in [5, 5.41) is 22.4. The molecule has 2 rings (SSSR count). The first-order valence-electron chi connectivity index (χ1n) is 5.88. The maximum Gasteiger partial charge on any atom is 0.311 e. The molecule has 0 aliphatic carbocycles. The molecule has 8 heteroatoms. The Balaban J connectivity index is 2.33. The highest BCUT2D eigenvalue weighted by molar-refractivity contribution is 5.95. The van der Waals surface area contributed by atoms with Crippen LogP contribution in [-0.4, -0.2) is 21.0 Å². The van der Waals surface area contributed by atoms with E-state index >= 15 is 0 Å². The van der Waals surface area contributed by atoms with Gasteiger partial charge in [-0.05, 0) is 24.6 Å². The molecule has 0 fully saturated rings. The van der Waals surface area contributed by atoms with E-state index in [1.54, 1.807) is 19.1 Å². The van der Waals surface area contributed by atoms with Gasteiger partial charge in [0.05, 0.1) is 11.1 Å². The number of hydrogen-bond acceptors (Lipinski definition) is 6. The Hall–Kier alpha value is -3.16. The number of para-hydroxylation sites is 1. The lowest BCUT2D eigenvalue weighted by Crippen LogP contribution is -2.14. The Morgan fingerprint density at radius 2 is 2.19 bits per heavy atom. The number of ether oxygens (including phenoxy) is 1. The maximum atomic E-state index is 11.0. The predicted octanol–water partition coefficient (Wildman–Crippen LogP) is 2.19. The summed E-state index contributed by atoms with van der Waals surface area (Å²) in [4.78, 5) is 14.4. The molecule has 0 aliphatic heterocycles. The van der Waals surface area contributed by atoms with E-state index in [0.717, 1.165) is 0 Å². The van der Waals surface area contributed by atoms with Crippen LogP contribution in [0.1, 0.15) is 11.3 Å². The number of nitro benzene ring substituents is 1. The van der Waals surface area contributed by atoms with Gasteiger partial charge in [0.15, 0.2) is 5.84 Å². The topological polar surface area (TPSA) is 124 Å². The van der Waals surface area contributed by atoms with Crippen molar-refractivity contribution in [1.82, 2.24) is 4.98 Å². The quantitative estimate of drug-likeness (QED) is 0.292. The molecule has 3 N–H and O–H groups in total. The van der Waals surface area contributed by atoms with Gasteiger partial charge in [-0.15, -0.1) is 0 Å². The number of nitrogens with zero attached hydrogens (tertiary/aromatic N) is 3. The smallest absolute Gasteiger partial charge is 0.311 e. The molecular weight excluding hydrogens is 276 g/mol. The van der Waals surface area contributed by atoms with Gasteiger partial charge < -0.3 is 15.7 Å². The molecule has 0 amide bonds. The molecule has 21 heavy (non-hydrogen) atoms. The summed E-state index contributed by atoms with van der Waals surface area (Å²) < 4.78 is 5.52. The fraction of sp³-hybridized carbons (Fsp3) is 0.0769. The molecule has 0 saturated carbocycles. The van der Waals surface area contributed by atoms with Gasteiger partial charge in [0.2, 0.25) is 5.75 Å². The fourth-order valence-electron chi connectivity index (χ4n) is 1.67. The second kappa shape index (κ2) is 5.87. The van der Waals surface area contributed by atoms with Crippen LogP contribution in [0.4, 0.5) is 5.69 Å². The SMILES string of the molecule is Cc1cccc([N+](=O)[O-])c1Oc1ccc(/C(N)=N/O)nc1. The number of aryl methyl sites for hydroxylation is 1. The number of aromatic nitrogens is 1. The van der Waals surface area contributed by atoms with Crippen molar-refractivity contribution >= 4 is 11.5 Å². The molecule has 8 nitrogen and oxygen atoms in total. The molecule has 0 spiro atoms. The molecule has 1 aromatic carbocycles. The first-order valence-corrected chi connectivity index (χ1v) is 5.88. The van der Waals surface area contributed by atoms with Crippen molar-refractivity contribution in [1.29, 1.82) is 0 Å². The third-order valence-electron chi connectivity index (χ3n) is 2.71. The Bertz CT molecular complexity index is 698. The molecule has 0 radical (unpaired) electrons. The summed E-state index contributed by atoms with van der Waals surface area (Å²) in [5.74, 6) is 0.325. The van der Waals surface area contributed by atoms with E-state index in [1.807, 2.05) is 0 Å². The van der Waals surface area contributed by atoms with Gasteiger partial charge in [-0.2, -0.15) is 0 Å². The summed E-state index contributed by atoms with van der Waals surface area (Å²) >= 11 is 0. The highest BCUT2D eigenvalue weighted by atomic mass is 16.6. The van der Waals surface area contributed by atoms with Crippen molar-refractivity contribution in [2.75, 3.05) is 0 Å². The number of nitrogens with two attached hydrogens (primary N) is 1. The number of rotatable bonds is 4. The molecule has 0 atom stereocenters. The second-order valence-electron chi connectivity index (χ2n) is 4.15. The minimum Gasteiger partial charge on any atom is -0.448 e. The largest absolute Gasteiger partial charge is 0.448 e. The van der Waals surface area contributed by atoms with Crippen molar-refractivity contribution in [2.24, 2.45) is 10.9 Å². The molecule has 108 valence electrons. The molecule has 0 aliphatic rings. The Morgan fingerprint density at radius 1 is 1.43 bits per heavy atom. The minimum atomic E-state index is -0.513. The maximum absolute atomic E-state index is 11.0. The number of benzene rings is 1. The zero-order valence-corrected chi connectivity index (χ0v) is 11.1. The van der Waals surface area contributed by atoms with Gasteiger partial charge in [0, 0.05) is 6.07 Å². The van der Waals surface area contributed by atoms with Crippen molar-refractivity contribution in [2.45, 2.75) is 6.92 Å². The average Bonchev–Trinajstić information content (AvgIpc) is 2.49. The molecule has 0 saturated heterocycles. The number of hydrogen-bond donors (Lipinski definition) is 2. The Kier molecular flexibility index (Phi) is 3.98. The van der Waals surface area contributed by atoms with E-state index in [0.29, 0.717) is 11.3 Å². The highest BCUT2D eigenvalue weighted by Gasteiger charge is 2.17. The van der Waals surface area contributed by atoms with Crippen LogP contribution in [0.25, 0.3) is 0 Å². The standard InChI is InChI=1S/C13H12N4O4/c1-8-3-2-4-11(17(19)20)12(8)21-9-5-6-10(15-7-9)13(14)16-18/h2-7,18H,1H3,(H2,14,16). The van der Waals surface area contributed by atoms with Crippen molar-refractivity contribution in [3.8, 4) is 11.5 Å². The van der Waals surface area contributed by atoms with E-state index in [-0.39, 0.29) is 23.0 Å². The van der Waals surface area contributed by atoms with Gasteiger partial charge in [0.1, 0.15) is 11.4 Å². The van der Waals surface area contributed by atoms with E-state index < -0.39 is 4.92 Å². The lowest BCUT2D eigenvalue weighted by molar-refractivity contribution is -0.385. The molecule has 2 aromatic rings. The monoisotopic (exact) mass is 288 g/mol. The van der Waals surface area contributed by atoms with Crippen LogP contribution in [0, 0.1) is 17.0 Å². The number of nitro groups is 1. The van der Waals surface area contributed by atoms with Gasteiger partial charge in [-0.25, -0.2) is 4.98 Å². The average molecular weight is 288 g/mol. The lowest BCUT2D eigenvalue weighted by Gasteiger charge is -2.09. The van der Waals surface area contributed by atoms with Crippen LogP contribution in [0.5, 0.6) is 11.5 Å². The normalized spacial score (nSPS) is 11.2. The first-order chi connectivity index (χ1) is 10.0. The predicted molar refractivity (Wildman–Crippen MR) is 74.7 cm³/mol. The van der Waals surface area contributed by atoms with Crippen molar-refractivity contribution < 1.29 is 14.9 Å². The van der Waals surface area contributed by atoms with Gasteiger partial charge in [-0.1, -0.05) is 17.3 Å². The zero-order valence-electron chi connectivity index (χ0n) is 11.1. The molecule has 0 bridgehead atoms. The van der Waals surface area contributed by atoms with Crippen molar-refractivity contribution in [3.05, 3.63) is 57.9 Å². The molecule has 1 heterocycles. The first kappa shape index (κ1) is 14.3. The van der Waals surface area contributed by atoms with Crippen LogP contribution < -0.4 is 10.5 Å². The molecular formula is C13H12N4O4. The summed E-state index contributed by atoms with van der Waals surface area (Å²) in [6.45, 7) is 1.71. The lowest BCUT2D eigenvalue weighted by atomic mass is 10.2. The minimum absolute atomic E-state index is 0.129. The van der Waals surface area contributed by atoms with Crippen molar-refractivity contribution in [3.63, 3.8) is 0 Å². The summed E-state index contributed by atoms with van der Waals surface area (Å²) in [6.07, 6.45) is 1.34. The van der Waals surface area contributed by atoms with Crippen LogP contribution >= 0.6 is 0 Å². The number of amidine groups is 1. The van der Waals surface area contributed by atoms with Gasteiger partial charge in [0.25, 0.3) is 0 Å². The third-order valence-corrected chi connectivity index (χ3v) is 2.71.